The van der Waals surface area contributed by atoms with Crippen LogP contribution >= 0.6 is 11.3 Å². The molecule has 4 nitrogen and oxygen atoms in total. The monoisotopic (exact) mass is 261 g/mol. The van der Waals surface area contributed by atoms with E-state index in [0.717, 1.165) is 22.9 Å². The van der Waals surface area contributed by atoms with Crippen molar-refractivity contribution in [1.82, 2.24) is 4.98 Å². The number of rotatable bonds is 4. The zero-order valence-corrected chi connectivity index (χ0v) is 11.2. The number of hydrogen-bond acceptors (Lipinski definition) is 4. The minimum atomic E-state index is -0.407. The summed E-state index contributed by atoms with van der Waals surface area (Å²) in [5, 5.41) is 4.38. The Morgan fingerprint density at radius 3 is 2.50 bits per heavy atom. The summed E-state index contributed by atoms with van der Waals surface area (Å²) in [5.74, 6) is -0.407. The van der Waals surface area contributed by atoms with Gasteiger partial charge in [0, 0.05) is 16.1 Å². The molecule has 0 spiro atoms. The van der Waals surface area contributed by atoms with E-state index >= 15 is 0 Å². The Labute approximate surface area is 110 Å². The highest BCUT2D eigenvalue weighted by Crippen LogP contribution is 2.19. The van der Waals surface area contributed by atoms with E-state index in [-0.39, 0.29) is 0 Å². The van der Waals surface area contributed by atoms with Crippen LogP contribution in [0.4, 0.5) is 5.69 Å². The molecule has 0 aliphatic carbocycles. The number of hydrogen-bond donors (Lipinski definition) is 2. The van der Waals surface area contributed by atoms with Crippen LogP contribution in [0.2, 0.25) is 0 Å². The van der Waals surface area contributed by atoms with Gasteiger partial charge in [0.15, 0.2) is 0 Å². The molecule has 1 aromatic heterocycles. The molecular formula is C13H15N3OS. The van der Waals surface area contributed by atoms with Crippen molar-refractivity contribution in [2.45, 2.75) is 20.4 Å². The van der Waals surface area contributed by atoms with E-state index in [1.807, 2.05) is 26.0 Å². The van der Waals surface area contributed by atoms with E-state index in [1.165, 1.54) is 4.88 Å². The number of aryl methyl sites for hydroxylation is 2. The number of nitrogens with zero attached hydrogens (tertiary/aromatic N) is 1. The van der Waals surface area contributed by atoms with Gasteiger partial charge in [-0.05, 0) is 38.1 Å². The Morgan fingerprint density at radius 1 is 1.33 bits per heavy atom. The van der Waals surface area contributed by atoms with Crippen molar-refractivity contribution in [2.75, 3.05) is 5.32 Å². The normalized spacial score (nSPS) is 10.3. The average molecular weight is 261 g/mol. The highest BCUT2D eigenvalue weighted by molar-refractivity contribution is 7.11. The number of nitrogens with two attached hydrogens (primary N) is 1. The highest BCUT2D eigenvalue weighted by atomic mass is 32.1. The summed E-state index contributed by atoms with van der Waals surface area (Å²) in [4.78, 5) is 16.5. The minimum Gasteiger partial charge on any atom is -0.380 e. The molecule has 0 atom stereocenters. The number of carbonyl (C=O) groups excluding carboxylic acids is 1. The number of amides is 1. The first-order chi connectivity index (χ1) is 8.56. The third kappa shape index (κ3) is 2.87. The van der Waals surface area contributed by atoms with Crippen molar-refractivity contribution in [1.29, 1.82) is 0 Å². The minimum absolute atomic E-state index is 0.407. The van der Waals surface area contributed by atoms with Crippen molar-refractivity contribution in [2.24, 2.45) is 5.73 Å². The van der Waals surface area contributed by atoms with Crippen LogP contribution in [0.25, 0.3) is 0 Å². The molecule has 0 unspecified atom stereocenters. The van der Waals surface area contributed by atoms with E-state index in [0.29, 0.717) is 5.56 Å². The Hall–Kier alpha value is -1.88. The molecule has 0 saturated heterocycles. The third-order valence-electron chi connectivity index (χ3n) is 2.62. The third-order valence-corrected chi connectivity index (χ3v) is 3.69. The molecule has 1 heterocycles. The van der Waals surface area contributed by atoms with Gasteiger partial charge in [-0.25, -0.2) is 4.98 Å². The molecule has 0 aliphatic rings. The van der Waals surface area contributed by atoms with Crippen LogP contribution in [0.5, 0.6) is 0 Å². The van der Waals surface area contributed by atoms with Crippen LogP contribution in [0.3, 0.4) is 0 Å². The lowest BCUT2D eigenvalue weighted by atomic mass is 10.2. The molecule has 1 amide bonds. The zero-order valence-electron chi connectivity index (χ0n) is 10.4. The molecule has 94 valence electrons. The summed E-state index contributed by atoms with van der Waals surface area (Å²) < 4.78 is 0. The first kappa shape index (κ1) is 12.6. The molecular weight excluding hydrogens is 246 g/mol. The van der Waals surface area contributed by atoms with Crippen LogP contribution in [0.1, 0.15) is 25.9 Å². The Morgan fingerprint density at radius 2 is 2.00 bits per heavy atom. The second kappa shape index (κ2) is 5.18. The van der Waals surface area contributed by atoms with Gasteiger partial charge in [-0.15, -0.1) is 11.3 Å². The Balaban J connectivity index is 2.02. The topological polar surface area (TPSA) is 68.0 Å². The number of anilines is 1. The van der Waals surface area contributed by atoms with E-state index in [4.69, 9.17) is 5.73 Å². The molecule has 3 N–H and O–H groups in total. The highest BCUT2D eigenvalue weighted by Gasteiger charge is 2.04. The first-order valence-corrected chi connectivity index (χ1v) is 6.44. The number of aromatic nitrogens is 1. The average Bonchev–Trinajstić information content (AvgIpc) is 2.66. The fraction of sp³-hybridized carbons (Fsp3) is 0.231. The summed E-state index contributed by atoms with van der Waals surface area (Å²) in [6.45, 7) is 4.76. The van der Waals surface area contributed by atoms with Gasteiger partial charge in [-0.2, -0.15) is 0 Å². The zero-order chi connectivity index (χ0) is 13.1. The van der Waals surface area contributed by atoms with Gasteiger partial charge in [-0.3, -0.25) is 4.79 Å². The van der Waals surface area contributed by atoms with Gasteiger partial charge >= 0.3 is 0 Å². The van der Waals surface area contributed by atoms with E-state index in [9.17, 15) is 4.79 Å². The molecule has 0 aliphatic heterocycles. The molecule has 0 radical (unpaired) electrons. The maximum atomic E-state index is 10.9. The summed E-state index contributed by atoms with van der Waals surface area (Å²) in [6.07, 6.45) is 0. The molecule has 1 aromatic carbocycles. The summed E-state index contributed by atoms with van der Waals surface area (Å²) in [7, 11) is 0. The van der Waals surface area contributed by atoms with Gasteiger partial charge < -0.3 is 11.1 Å². The molecule has 0 bridgehead atoms. The Bertz CT molecular complexity index is 560. The van der Waals surface area contributed by atoms with Crippen molar-refractivity contribution in [3.63, 3.8) is 0 Å². The lowest BCUT2D eigenvalue weighted by Gasteiger charge is -2.05. The second-order valence-electron chi connectivity index (χ2n) is 4.04. The van der Waals surface area contributed by atoms with Gasteiger partial charge in [-0.1, -0.05) is 0 Å². The van der Waals surface area contributed by atoms with Gasteiger partial charge in [0.25, 0.3) is 0 Å². The summed E-state index contributed by atoms with van der Waals surface area (Å²) in [5.41, 5.74) is 7.74. The van der Waals surface area contributed by atoms with Crippen LogP contribution < -0.4 is 11.1 Å². The number of nitrogens with one attached hydrogen (secondary N) is 1. The predicted octanol–water partition coefficient (Wildman–Crippen LogP) is 2.47. The van der Waals surface area contributed by atoms with E-state index in [1.54, 1.807) is 23.5 Å². The van der Waals surface area contributed by atoms with Gasteiger partial charge in [0.1, 0.15) is 0 Å². The number of thiazole rings is 1. The molecule has 5 heteroatoms. The molecule has 0 fully saturated rings. The number of primary amides is 1. The fourth-order valence-electron chi connectivity index (χ4n) is 1.67. The smallest absolute Gasteiger partial charge is 0.248 e. The predicted molar refractivity (Wildman–Crippen MR) is 73.9 cm³/mol. The maximum Gasteiger partial charge on any atom is 0.248 e. The molecule has 18 heavy (non-hydrogen) atoms. The quantitative estimate of drug-likeness (QED) is 0.888. The van der Waals surface area contributed by atoms with Crippen LogP contribution in [0.15, 0.2) is 24.3 Å². The second-order valence-corrected chi connectivity index (χ2v) is 5.32. The van der Waals surface area contributed by atoms with Crippen molar-refractivity contribution in [3.8, 4) is 0 Å². The molecule has 2 rings (SSSR count). The summed E-state index contributed by atoms with van der Waals surface area (Å²) >= 11 is 1.69. The van der Waals surface area contributed by atoms with Gasteiger partial charge in [0.2, 0.25) is 5.91 Å². The van der Waals surface area contributed by atoms with Crippen LogP contribution in [0, 0.1) is 13.8 Å². The van der Waals surface area contributed by atoms with E-state index in [2.05, 4.69) is 10.3 Å². The fourth-order valence-corrected chi connectivity index (χ4v) is 2.55. The first-order valence-electron chi connectivity index (χ1n) is 5.63. The standard InChI is InChI=1S/C13H15N3OS/c1-8-12(18-9(2)16-8)7-15-11-5-3-10(4-6-11)13(14)17/h3-6,15H,7H2,1-2H3,(H2,14,17). The van der Waals surface area contributed by atoms with E-state index < -0.39 is 5.91 Å². The molecule has 0 saturated carbocycles. The Kier molecular flexibility index (Phi) is 3.62. The largest absolute Gasteiger partial charge is 0.380 e. The van der Waals surface area contributed by atoms with Crippen LogP contribution in [-0.4, -0.2) is 10.9 Å². The summed E-state index contributed by atoms with van der Waals surface area (Å²) in [6, 6.07) is 7.14. The lowest BCUT2D eigenvalue weighted by Crippen LogP contribution is -2.10. The van der Waals surface area contributed by atoms with Crippen molar-refractivity contribution < 1.29 is 4.79 Å². The number of carbonyl (C=O) groups is 1. The molecule has 2 aromatic rings. The van der Waals surface area contributed by atoms with Crippen molar-refractivity contribution in [3.05, 3.63) is 45.4 Å². The maximum absolute atomic E-state index is 10.9. The van der Waals surface area contributed by atoms with Crippen molar-refractivity contribution >= 4 is 22.9 Å². The lowest BCUT2D eigenvalue weighted by molar-refractivity contribution is 0.100. The number of benzene rings is 1. The van der Waals surface area contributed by atoms with Crippen LogP contribution in [-0.2, 0) is 6.54 Å². The SMILES string of the molecule is Cc1nc(C)c(CNc2ccc(C(N)=O)cc2)s1. The van der Waals surface area contributed by atoms with Gasteiger partial charge in [0.05, 0.1) is 17.2 Å².